The van der Waals surface area contributed by atoms with E-state index in [9.17, 15) is 14.4 Å². The molecule has 0 radical (unpaired) electrons. The van der Waals surface area contributed by atoms with Gasteiger partial charge in [0.1, 0.15) is 22.6 Å². The minimum Gasteiger partial charge on any atom is -0.337 e. The SMILES string of the molecule is O=C1CCc2cccc(c2)-c2cccc3[nH]c(nc23)-c2[nH]nc3ncc(cc23)-c2cncc(c2)N1.O=C1CCc2cccc(c2)-c2cccc3[nH]c(nc23)-c2n[nH]c3ccc(nc23)-c2cncc(c2)N1.O=C1CCc2cccc(c2)-c2cccc3[nH]c(nc23)-c2n[nH]c3cnc(cc23)-c2cncc(c2)N1.c1cc2cc(c1)-c1cncc3[nH]c(nc13)-c1n[nH]c3ccc(cc13)-c1cncc(c1)CCC2. The zero-order chi connectivity index (χ0) is 91.8. The van der Waals surface area contributed by atoms with Gasteiger partial charge in [-0.1, -0.05) is 140 Å². The number of benzene rings is 8. The highest BCUT2D eigenvalue weighted by Gasteiger charge is 2.25. The van der Waals surface area contributed by atoms with Crippen LogP contribution in [0.5, 0.6) is 0 Å². The lowest BCUT2D eigenvalue weighted by Crippen LogP contribution is -2.12. The van der Waals surface area contributed by atoms with Crippen LogP contribution >= 0.6 is 0 Å². The zero-order valence-electron chi connectivity index (χ0n) is 73.5. The second-order valence-corrected chi connectivity index (χ2v) is 34.7. The third-order valence-corrected chi connectivity index (χ3v) is 25.6. The number of H-pyrrole nitrogens is 8. The molecular formula is C108H77N27O3. The van der Waals surface area contributed by atoms with Crippen LogP contribution < -0.4 is 16.0 Å². The van der Waals surface area contributed by atoms with Crippen molar-refractivity contribution < 1.29 is 14.4 Å². The van der Waals surface area contributed by atoms with Gasteiger partial charge in [0.25, 0.3) is 0 Å². The van der Waals surface area contributed by atoms with Gasteiger partial charge < -0.3 is 35.9 Å². The molecule has 3 amide bonds. The summed E-state index contributed by atoms with van der Waals surface area (Å²) in [6.07, 6.45) is 27.4. The van der Waals surface area contributed by atoms with Crippen LogP contribution in [0, 0.1) is 0 Å². The van der Waals surface area contributed by atoms with E-state index in [1.165, 1.54) is 11.1 Å². The molecule has 16 aromatic heterocycles. The van der Waals surface area contributed by atoms with E-state index in [-0.39, 0.29) is 17.7 Å². The number of hydrogen-bond acceptors (Lipinski definition) is 19. The molecule has 138 heavy (non-hydrogen) atoms. The van der Waals surface area contributed by atoms with Gasteiger partial charge in [0.15, 0.2) is 34.6 Å². The minimum absolute atomic E-state index is 0.0554. The quantitative estimate of drug-likeness (QED) is 0.0672. The minimum atomic E-state index is -0.0601. The highest BCUT2D eigenvalue weighted by molar-refractivity contribution is 6.04. The molecule has 28 rings (SSSR count). The van der Waals surface area contributed by atoms with Gasteiger partial charge in [0.2, 0.25) is 17.7 Å². The number of para-hydroxylation sites is 3. The number of imidazole rings is 4. The summed E-state index contributed by atoms with van der Waals surface area (Å²) in [6.45, 7) is 0. The molecule has 662 valence electrons. The molecule has 0 fully saturated rings. The number of anilines is 3. The van der Waals surface area contributed by atoms with E-state index in [0.29, 0.717) is 89.9 Å². The first-order valence-corrected chi connectivity index (χ1v) is 45.4. The first-order chi connectivity index (χ1) is 67.9. The van der Waals surface area contributed by atoms with Gasteiger partial charge in [0.05, 0.1) is 126 Å². The highest BCUT2D eigenvalue weighted by atomic mass is 16.2. The number of fused-ring (bicyclic) bond motifs is 36. The van der Waals surface area contributed by atoms with Gasteiger partial charge >= 0.3 is 0 Å². The molecule has 4 aliphatic rings. The maximum atomic E-state index is 12.7. The van der Waals surface area contributed by atoms with Crippen LogP contribution in [0.3, 0.4) is 0 Å². The van der Waals surface area contributed by atoms with Crippen LogP contribution in [0.15, 0.2) is 293 Å². The standard InChI is InChI=1S/3C27H19N7O.C27H20N6/c35-23-10-7-15-3-1-4-16(11-15)19-5-2-6-21-24(19)32-27(31-21)26-25-22(33-34-26)9-8-20(30-25)17-12-18(29-23)14-28-13-17;35-23-8-7-15-3-1-4-16(9-15)20-5-2-6-22-24(20)32-27(31-22)25-21-11-18(13-29-26(21)34-33-25)17-10-19(30-23)14-28-12-17;35-24-8-7-15-3-1-4-16(9-15)19-5-2-6-21-25(19)32-27(31-21)26-20-11-22(29-14-23(20)33-34-26)17-10-18(30-24)13-28-12-17;1-3-16-4-2-6-19(9-16)22-14-29-15-24-25(22)31-27(30-24)26-21-11-18(7-8-23(21)32-33-26)20-10-17(5-1)12-28-13-20/h1-6,8-9,11-14H,7,10H2,(H,29,35)(H,31,32)(H,33,34);1-6,9-14H,7-8H2,(H,30,35)(H,31,32)(H,29,33,34);1-6,9-14H,7-8H2,(H,30,35)(H,31,32)(H,33,34);2,4,6-15H,1,3,5H2,(H,30,31)(H,32,33). The van der Waals surface area contributed by atoms with Gasteiger partial charge in [-0.2, -0.15) is 20.4 Å². The van der Waals surface area contributed by atoms with Crippen molar-refractivity contribution in [2.75, 3.05) is 16.0 Å². The van der Waals surface area contributed by atoms with Gasteiger partial charge in [-0.25, -0.2) is 29.9 Å². The van der Waals surface area contributed by atoms with Crippen molar-refractivity contribution in [1.82, 2.24) is 121 Å². The Morgan fingerprint density at radius 2 is 0.681 bits per heavy atom. The monoisotopic (exact) mass is 1800 g/mol. The number of carbonyl (C=O) groups is 3. The fourth-order valence-corrected chi connectivity index (χ4v) is 18.7. The normalized spacial score (nSPS) is 13.2. The Kier molecular flexibility index (Phi) is 20.0. The van der Waals surface area contributed by atoms with Crippen LogP contribution in [-0.2, 0) is 46.5 Å². The summed E-state index contributed by atoms with van der Waals surface area (Å²) in [5.74, 6) is 2.60. The van der Waals surface area contributed by atoms with Crippen LogP contribution in [-0.4, -0.2) is 138 Å². The number of aryl methyl sites for hydroxylation is 5. The molecule has 8 aromatic carbocycles. The number of nitrogens with one attached hydrogen (secondary N) is 11. The van der Waals surface area contributed by atoms with Gasteiger partial charge in [-0.15, -0.1) is 0 Å². The summed E-state index contributed by atoms with van der Waals surface area (Å²) in [6, 6.07) is 74.0. The second-order valence-electron chi connectivity index (χ2n) is 34.7. The highest BCUT2D eigenvalue weighted by Crippen LogP contribution is 2.41. The Morgan fingerprint density at radius 3 is 1.29 bits per heavy atom. The Bertz CT molecular complexity index is 8400. The smallest absolute Gasteiger partial charge is 0.224 e. The summed E-state index contributed by atoms with van der Waals surface area (Å²) in [5.41, 5.74) is 37.3. The molecule has 24 aromatic rings. The van der Waals surface area contributed by atoms with E-state index < -0.39 is 0 Å². The Balaban J connectivity index is 0.0000000975. The van der Waals surface area contributed by atoms with Crippen molar-refractivity contribution >= 4 is 123 Å². The lowest BCUT2D eigenvalue weighted by atomic mass is 9.98. The molecule has 4 aliphatic heterocycles. The molecule has 32 bridgehead atoms. The summed E-state index contributed by atoms with van der Waals surface area (Å²) in [7, 11) is 0. The third kappa shape index (κ3) is 15.6. The third-order valence-electron chi connectivity index (χ3n) is 25.6. The number of pyridine rings is 8. The topological polar surface area (TPSA) is 420 Å². The molecule has 0 saturated heterocycles. The van der Waals surface area contributed by atoms with Crippen LogP contribution in [0.1, 0.15) is 53.5 Å². The van der Waals surface area contributed by atoms with E-state index in [0.717, 1.165) is 225 Å². The fraction of sp³-hybridized carbons (Fsp3) is 0.0833. The van der Waals surface area contributed by atoms with Crippen LogP contribution in [0.4, 0.5) is 17.1 Å². The molecule has 0 spiro atoms. The van der Waals surface area contributed by atoms with E-state index in [1.54, 1.807) is 49.6 Å². The average Bonchev–Trinajstić information content (AvgIpc) is 1.62. The van der Waals surface area contributed by atoms with Gasteiger partial charge in [-0.3, -0.25) is 64.7 Å². The van der Waals surface area contributed by atoms with Crippen LogP contribution in [0.2, 0.25) is 0 Å². The van der Waals surface area contributed by atoms with E-state index in [4.69, 9.17) is 24.9 Å². The molecule has 0 saturated carbocycles. The molecular weight excluding hydrogens is 1720 g/mol. The fourth-order valence-electron chi connectivity index (χ4n) is 18.7. The van der Waals surface area contributed by atoms with Crippen molar-refractivity contribution in [2.24, 2.45) is 0 Å². The summed E-state index contributed by atoms with van der Waals surface area (Å²) in [5, 5.41) is 42.1. The molecule has 30 nitrogen and oxygen atoms in total. The number of hydrogen-bond donors (Lipinski definition) is 11. The number of aromatic amines is 8. The van der Waals surface area contributed by atoms with Gasteiger partial charge in [0, 0.05) is 123 Å². The number of carbonyl (C=O) groups excluding carboxylic acids is 3. The maximum absolute atomic E-state index is 12.7. The van der Waals surface area contributed by atoms with E-state index >= 15 is 0 Å². The van der Waals surface area contributed by atoms with Crippen molar-refractivity contribution in [1.29, 1.82) is 0 Å². The zero-order valence-corrected chi connectivity index (χ0v) is 73.5. The summed E-state index contributed by atoms with van der Waals surface area (Å²) in [4.78, 5) is 108. The Labute approximate surface area is 782 Å². The van der Waals surface area contributed by atoms with E-state index in [2.05, 4.69) is 215 Å². The van der Waals surface area contributed by atoms with Crippen LogP contribution in [0.25, 0.3) is 223 Å². The summed E-state index contributed by atoms with van der Waals surface area (Å²) < 4.78 is 0. The predicted molar refractivity (Wildman–Crippen MR) is 533 cm³/mol. The molecule has 0 aliphatic carbocycles. The Morgan fingerprint density at radius 1 is 0.239 bits per heavy atom. The Hall–Kier alpha value is -18.9. The lowest BCUT2D eigenvalue weighted by molar-refractivity contribution is -0.117. The number of amides is 3. The first-order valence-electron chi connectivity index (χ1n) is 45.4. The molecule has 30 heteroatoms. The average molecular weight is 1800 g/mol. The molecule has 11 N–H and O–H groups in total. The van der Waals surface area contributed by atoms with Crippen molar-refractivity contribution in [3.63, 3.8) is 0 Å². The van der Waals surface area contributed by atoms with Crippen molar-refractivity contribution in [3.8, 4) is 135 Å². The van der Waals surface area contributed by atoms with Gasteiger partial charge in [-0.05, 0) is 173 Å². The number of nitrogens with zero attached hydrogens (tertiary/aromatic N) is 16. The predicted octanol–water partition coefficient (Wildman–Crippen LogP) is 21.1. The van der Waals surface area contributed by atoms with Crippen molar-refractivity contribution in [3.05, 3.63) is 321 Å². The summed E-state index contributed by atoms with van der Waals surface area (Å²) >= 11 is 0. The lowest BCUT2D eigenvalue weighted by Gasteiger charge is -2.09. The number of aromatic nitrogens is 24. The number of rotatable bonds is 0. The molecule has 0 unspecified atom stereocenters. The van der Waals surface area contributed by atoms with Crippen molar-refractivity contribution in [2.45, 2.75) is 57.8 Å². The molecule has 0 atom stereocenters. The first kappa shape index (κ1) is 81.1. The molecule has 20 heterocycles. The second kappa shape index (κ2) is 34.1. The largest absolute Gasteiger partial charge is 0.337 e. The maximum Gasteiger partial charge on any atom is 0.224 e. The van der Waals surface area contributed by atoms with E-state index in [1.807, 2.05) is 140 Å².